The average molecular weight is 404 g/mol. The van der Waals surface area contributed by atoms with Crippen LogP contribution in [0.1, 0.15) is 23.1 Å². The van der Waals surface area contributed by atoms with E-state index in [1.54, 1.807) is 0 Å². The van der Waals surface area contributed by atoms with Crippen LogP contribution in [-0.4, -0.2) is 60.4 Å². The average Bonchev–Trinajstić information content (AvgIpc) is 3.04. The minimum absolute atomic E-state index is 0.0793. The van der Waals surface area contributed by atoms with Crippen LogP contribution in [0.5, 0.6) is 0 Å². The van der Waals surface area contributed by atoms with Crippen molar-refractivity contribution in [2.45, 2.75) is 26.3 Å². The van der Waals surface area contributed by atoms with Gasteiger partial charge in [-0.2, -0.15) is 0 Å². The topological polar surface area (TPSA) is 43.9 Å². The molecule has 30 heavy (non-hydrogen) atoms. The quantitative estimate of drug-likeness (QED) is 0.719. The van der Waals surface area contributed by atoms with E-state index in [9.17, 15) is 9.59 Å². The van der Waals surface area contributed by atoms with Crippen LogP contribution in [0.2, 0.25) is 0 Å². The third-order valence-corrected chi connectivity index (χ3v) is 6.04. The first-order chi connectivity index (χ1) is 14.5. The molecular formula is C25H29N3O2. The van der Waals surface area contributed by atoms with E-state index in [1.165, 1.54) is 10.5 Å². The lowest BCUT2D eigenvalue weighted by Crippen LogP contribution is -2.52. The Kier molecular flexibility index (Phi) is 6.11. The van der Waals surface area contributed by atoms with E-state index < -0.39 is 0 Å². The maximum Gasteiger partial charge on any atom is 0.251 e. The molecule has 0 radical (unpaired) electrons. The number of nitrogens with zero attached hydrogens (tertiary/aromatic N) is 3. The fraction of sp³-hybridized carbons (Fsp3) is 0.360. The van der Waals surface area contributed by atoms with Gasteiger partial charge in [-0.05, 0) is 31.0 Å². The van der Waals surface area contributed by atoms with Gasteiger partial charge in [0.2, 0.25) is 5.91 Å². The van der Waals surface area contributed by atoms with Crippen LogP contribution in [0.3, 0.4) is 0 Å². The van der Waals surface area contributed by atoms with Gasteiger partial charge in [-0.3, -0.25) is 19.4 Å². The first-order valence-electron chi connectivity index (χ1n) is 10.6. The molecule has 2 aromatic carbocycles. The minimum Gasteiger partial charge on any atom is -0.297 e. The summed E-state index contributed by atoms with van der Waals surface area (Å²) in [5.41, 5.74) is 4.03. The summed E-state index contributed by atoms with van der Waals surface area (Å²) < 4.78 is 0. The monoisotopic (exact) mass is 403 g/mol. The highest BCUT2D eigenvalue weighted by atomic mass is 16.2. The second kappa shape index (κ2) is 8.94. The summed E-state index contributed by atoms with van der Waals surface area (Å²) in [7, 11) is 0. The standard InChI is InChI=1S/C25H29N3O2/c1-19-10-11-22(20(2)17-19)28-24(29)18-23(25(28)30)27-15-13-26(14-16-27)12-6-9-21-7-4-3-5-8-21/h3-11,17,23H,12-16,18H2,1-2H3/b9-6+/t23-/m1/s1. The molecule has 0 aliphatic carbocycles. The summed E-state index contributed by atoms with van der Waals surface area (Å²) in [6.07, 6.45) is 4.62. The summed E-state index contributed by atoms with van der Waals surface area (Å²) >= 11 is 0. The van der Waals surface area contributed by atoms with Crippen LogP contribution >= 0.6 is 0 Å². The van der Waals surface area contributed by atoms with Crippen molar-refractivity contribution in [2.75, 3.05) is 37.6 Å². The zero-order valence-electron chi connectivity index (χ0n) is 17.8. The van der Waals surface area contributed by atoms with E-state index in [0.717, 1.165) is 49.5 Å². The van der Waals surface area contributed by atoms with Gasteiger partial charge in [-0.15, -0.1) is 0 Å². The molecule has 5 heteroatoms. The van der Waals surface area contributed by atoms with Crippen LogP contribution in [0.25, 0.3) is 6.08 Å². The Morgan fingerprint density at radius 3 is 2.40 bits per heavy atom. The van der Waals surface area contributed by atoms with Gasteiger partial charge < -0.3 is 0 Å². The van der Waals surface area contributed by atoms with E-state index >= 15 is 0 Å². The molecule has 0 saturated carbocycles. The number of carbonyl (C=O) groups excluding carboxylic acids is 2. The first kappa shape index (κ1) is 20.5. The third kappa shape index (κ3) is 4.37. The Labute approximate surface area is 178 Å². The van der Waals surface area contributed by atoms with Gasteiger partial charge in [0, 0.05) is 32.7 Å². The molecule has 0 N–H and O–H groups in total. The van der Waals surface area contributed by atoms with Crippen molar-refractivity contribution >= 4 is 23.6 Å². The highest BCUT2D eigenvalue weighted by Gasteiger charge is 2.43. The van der Waals surface area contributed by atoms with E-state index in [1.807, 2.05) is 50.2 Å². The molecule has 2 aliphatic heterocycles. The van der Waals surface area contributed by atoms with Gasteiger partial charge in [0.15, 0.2) is 0 Å². The normalized spacial score (nSPS) is 21.1. The number of imide groups is 1. The number of hydrogen-bond acceptors (Lipinski definition) is 4. The Balaban J connectivity index is 1.34. The number of benzene rings is 2. The summed E-state index contributed by atoms with van der Waals surface area (Å²) in [4.78, 5) is 31.7. The van der Waals surface area contributed by atoms with Crippen LogP contribution in [0.4, 0.5) is 5.69 Å². The molecule has 2 aromatic rings. The van der Waals surface area contributed by atoms with Gasteiger partial charge in [0.05, 0.1) is 18.2 Å². The first-order valence-corrected chi connectivity index (χ1v) is 10.6. The molecule has 0 aromatic heterocycles. The minimum atomic E-state index is -0.333. The fourth-order valence-corrected chi connectivity index (χ4v) is 4.37. The van der Waals surface area contributed by atoms with Gasteiger partial charge in [-0.25, -0.2) is 4.90 Å². The molecule has 0 spiro atoms. The Bertz CT molecular complexity index is 946. The van der Waals surface area contributed by atoms with Gasteiger partial charge in [0.1, 0.15) is 0 Å². The number of aryl methyl sites for hydroxylation is 2. The second-order valence-electron chi connectivity index (χ2n) is 8.23. The lowest BCUT2D eigenvalue weighted by molar-refractivity contribution is -0.123. The Morgan fingerprint density at radius 1 is 0.967 bits per heavy atom. The number of piperazine rings is 1. The Hall–Kier alpha value is -2.76. The molecule has 1 atom stereocenters. The van der Waals surface area contributed by atoms with Crippen LogP contribution in [0.15, 0.2) is 54.6 Å². The predicted molar refractivity (Wildman–Crippen MR) is 120 cm³/mol. The predicted octanol–water partition coefficient (Wildman–Crippen LogP) is 3.27. The maximum absolute atomic E-state index is 13.1. The molecule has 156 valence electrons. The molecule has 2 fully saturated rings. The van der Waals surface area contributed by atoms with E-state index in [2.05, 4.69) is 34.1 Å². The van der Waals surface area contributed by atoms with Gasteiger partial charge >= 0.3 is 0 Å². The highest BCUT2D eigenvalue weighted by Crippen LogP contribution is 2.29. The number of hydrogen-bond donors (Lipinski definition) is 0. The largest absolute Gasteiger partial charge is 0.297 e. The van der Waals surface area contributed by atoms with Crippen molar-refractivity contribution in [1.29, 1.82) is 0 Å². The van der Waals surface area contributed by atoms with Crippen molar-refractivity contribution < 1.29 is 9.59 Å². The molecule has 0 unspecified atom stereocenters. The van der Waals surface area contributed by atoms with Crippen molar-refractivity contribution in [3.63, 3.8) is 0 Å². The third-order valence-electron chi connectivity index (χ3n) is 6.04. The molecule has 2 saturated heterocycles. The van der Waals surface area contributed by atoms with Crippen LogP contribution in [0, 0.1) is 13.8 Å². The highest BCUT2D eigenvalue weighted by molar-refractivity contribution is 6.22. The van der Waals surface area contributed by atoms with E-state index in [0.29, 0.717) is 0 Å². The number of amides is 2. The zero-order valence-corrected chi connectivity index (χ0v) is 17.8. The number of anilines is 1. The van der Waals surface area contributed by atoms with E-state index in [4.69, 9.17) is 0 Å². The number of rotatable bonds is 5. The fourth-order valence-electron chi connectivity index (χ4n) is 4.37. The summed E-state index contributed by atoms with van der Waals surface area (Å²) in [6, 6.07) is 15.8. The lowest BCUT2D eigenvalue weighted by atomic mass is 10.1. The zero-order chi connectivity index (χ0) is 21.1. The van der Waals surface area contributed by atoms with Crippen molar-refractivity contribution in [2.24, 2.45) is 0 Å². The lowest BCUT2D eigenvalue weighted by Gasteiger charge is -2.36. The summed E-state index contributed by atoms with van der Waals surface area (Å²) in [5, 5.41) is 0. The SMILES string of the molecule is Cc1ccc(N2C(=O)C[C@@H](N3CCN(C/C=C/c4ccccc4)CC3)C2=O)c(C)c1. The van der Waals surface area contributed by atoms with Crippen molar-refractivity contribution in [3.05, 3.63) is 71.3 Å². The maximum atomic E-state index is 13.1. The molecule has 0 bridgehead atoms. The molecular weight excluding hydrogens is 374 g/mol. The molecule has 2 amide bonds. The molecule has 4 rings (SSSR count). The van der Waals surface area contributed by atoms with Crippen molar-refractivity contribution in [1.82, 2.24) is 9.80 Å². The molecule has 2 aliphatic rings. The van der Waals surface area contributed by atoms with Crippen LogP contribution in [-0.2, 0) is 9.59 Å². The number of carbonyl (C=O) groups is 2. The van der Waals surface area contributed by atoms with Gasteiger partial charge in [0.25, 0.3) is 5.91 Å². The molecule has 5 nitrogen and oxygen atoms in total. The summed E-state index contributed by atoms with van der Waals surface area (Å²) in [6.45, 7) is 8.29. The van der Waals surface area contributed by atoms with Gasteiger partial charge in [-0.1, -0.05) is 60.2 Å². The van der Waals surface area contributed by atoms with Crippen molar-refractivity contribution in [3.8, 4) is 0 Å². The Morgan fingerprint density at radius 2 is 1.70 bits per heavy atom. The van der Waals surface area contributed by atoms with E-state index in [-0.39, 0.29) is 24.3 Å². The summed E-state index contributed by atoms with van der Waals surface area (Å²) in [5.74, 6) is -0.172. The second-order valence-corrected chi connectivity index (χ2v) is 8.23. The van der Waals surface area contributed by atoms with Crippen LogP contribution < -0.4 is 4.90 Å². The smallest absolute Gasteiger partial charge is 0.251 e. The molecule has 2 heterocycles.